The van der Waals surface area contributed by atoms with Crippen molar-refractivity contribution in [1.29, 1.82) is 0 Å². The molecule has 0 fully saturated rings. The summed E-state index contributed by atoms with van der Waals surface area (Å²) < 4.78 is 1.92. The lowest BCUT2D eigenvalue weighted by molar-refractivity contribution is 0.0992. The van der Waals surface area contributed by atoms with Crippen LogP contribution >= 0.6 is 27.3 Å². The molecule has 94 valence electrons. The Morgan fingerprint density at radius 3 is 2.89 bits per heavy atom. The molecule has 0 aliphatic carbocycles. The average Bonchev–Trinajstić information content (AvgIpc) is 2.82. The third kappa shape index (κ3) is 2.72. The summed E-state index contributed by atoms with van der Waals surface area (Å²) in [6.45, 7) is 0. The molecular weight excluding hydrogens is 324 g/mol. The Morgan fingerprint density at radius 1 is 1.26 bits per heavy atom. The second kappa shape index (κ2) is 5.19. The first-order valence-corrected chi connectivity index (χ1v) is 7.31. The van der Waals surface area contributed by atoms with E-state index in [1.165, 1.54) is 11.3 Å². The molecule has 2 aromatic heterocycles. The molecule has 1 aromatic carbocycles. The summed E-state index contributed by atoms with van der Waals surface area (Å²) in [5.41, 5.74) is 1.77. The van der Waals surface area contributed by atoms with Gasteiger partial charge in [-0.1, -0.05) is 12.1 Å². The van der Waals surface area contributed by atoms with E-state index in [-0.39, 0.29) is 5.78 Å². The molecule has 0 amide bonds. The van der Waals surface area contributed by atoms with Crippen LogP contribution in [0.5, 0.6) is 0 Å². The van der Waals surface area contributed by atoms with Gasteiger partial charge in [-0.15, -0.1) is 11.3 Å². The maximum absolute atomic E-state index is 12.2. The van der Waals surface area contributed by atoms with Crippen molar-refractivity contribution in [2.75, 3.05) is 0 Å². The van der Waals surface area contributed by atoms with E-state index < -0.39 is 0 Å². The molecule has 0 saturated heterocycles. The summed E-state index contributed by atoms with van der Waals surface area (Å²) in [5, 5.41) is 0.557. The molecule has 3 aromatic rings. The van der Waals surface area contributed by atoms with E-state index in [2.05, 4.69) is 25.9 Å². The van der Waals surface area contributed by atoms with Crippen molar-refractivity contribution in [3.63, 3.8) is 0 Å². The number of hydrogen-bond donors (Lipinski definition) is 0. The first-order chi connectivity index (χ1) is 9.22. The number of carbonyl (C=O) groups is 1. The fraction of sp³-hybridized carbons (Fsp3) is 0.0714. The van der Waals surface area contributed by atoms with Crippen molar-refractivity contribution in [3.8, 4) is 0 Å². The Balaban J connectivity index is 1.87. The number of aromatic nitrogens is 2. The Labute approximate surface area is 122 Å². The maximum Gasteiger partial charge on any atom is 0.195 e. The van der Waals surface area contributed by atoms with Gasteiger partial charge in [0, 0.05) is 23.3 Å². The van der Waals surface area contributed by atoms with Gasteiger partial charge in [0.1, 0.15) is 0 Å². The van der Waals surface area contributed by atoms with Crippen LogP contribution in [0.25, 0.3) is 10.2 Å². The van der Waals surface area contributed by atoms with E-state index in [1.54, 1.807) is 12.4 Å². The molecule has 0 spiro atoms. The number of carbonyl (C=O) groups excluding carboxylic acids is 1. The van der Waals surface area contributed by atoms with Gasteiger partial charge in [0.25, 0.3) is 0 Å². The van der Waals surface area contributed by atoms with Crippen molar-refractivity contribution in [2.45, 2.75) is 6.42 Å². The molecule has 0 aliphatic heterocycles. The summed E-state index contributed by atoms with van der Waals surface area (Å²) >= 11 is 4.79. The predicted octanol–water partition coefficient (Wildman–Crippen LogP) is 3.88. The van der Waals surface area contributed by atoms with Gasteiger partial charge in [0.15, 0.2) is 10.8 Å². The van der Waals surface area contributed by atoms with E-state index >= 15 is 0 Å². The van der Waals surface area contributed by atoms with Crippen molar-refractivity contribution in [3.05, 3.63) is 57.8 Å². The molecule has 0 atom stereocenters. The molecule has 0 aliphatic rings. The number of para-hydroxylation sites is 1. The summed E-state index contributed by atoms with van der Waals surface area (Å²) in [5.74, 6) is 0.0288. The van der Waals surface area contributed by atoms with E-state index in [9.17, 15) is 4.79 Å². The number of pyridine rings is 1. The Bertz CT molecular complexity index is 721. The lowest BCUT2D eigenvalue weighted by Gasteiger charge is -1.98. The van der Waals surface area contributed by atoms with E-state index in [0.29, 0.717) is 11.4 Å². The fourth-order valence-electron chi connectivity index (χ4n) is 1.81. The van der Waals surface area contributed by atoms with Crippen molar-refractivity contribution in [2.24, 2.45) is 0 Å². The monoisotopic (exact) mass is 332 g/mol. The van der Waals surface area contributed by atoms with Crippen molar-refractivity contribution < 1.29 is 4.79 Å². The summed E-state index contributed by atoms with van der Waals surface area (Å²) in [6.07, 6.45) is 3.73. The third-order valence-electron chi connectivity index (χ3n) is 2.66. The zero-order valence-corrected chi connectivity index (χ0v) is 12.2. The van der Waals surface area contributed by atoms with Crippen molar-refractivity contribution in [1.82, 2.24) is 9.97 Å². The number of benzene rings is 1. The molecular formula is C14H9BrN2OS. The second-order valence-corrected chi connectivity index (χ2v) is 6.04. The molecule has 0 unspecified atom stereocenters. The smallest absolute Gasteiger partial charge is 0.195 e. The Hall–Kier alpha value is -1.59. The number of halogens is 1. The third-order valence-corrected chi connectivity index (χ3v) is 4.17. The zero-order valence-electron chi connectivity index (χ0n) is 9.84. The number of rotatable bonds is 3. The Kier molecular flexibility index (Phi) is 3.40. The lowest BCUT2D eigenvalue weighted by atomic mass is 10.1. The summed E-state index contributed by atoms with van der Waals surface area (Å²) in [4.78, 5) is 20.6. The van der Waals surface area contributed by atoms with E-state index in [1.807, 2.05) is 30.3 Å². The van der Waals surface area contributed by atoms with Crippen LogP contribution in [0, 0.1) is 0 Å². The minimum Gasteiger partial charge on any atom is -0.291 e. The lowest BCUT2D eigenvalue weighted by Crippen LogP contribution is -2.03. The van der Waals surface area contributed by atoms with Gasteiger partial charge in [-0.2, -0.15) is 0 Å². The quantitative estimate of drug-likeness (QED) is 0.683. The molecule has 0 radical (unpaired) electrons. The molecule has 5 heteroatoms. The van der Waals surface area contributed by atoms with Crippen molar-refractivity contribution >= 4 is 43.3 Å². The van der Waals surface area contributed by atoms with E-state index in [4.69, 9.17) is 0 Å². The van der Waals surface area contributed by atoms with Gasteiger partial charge in [-0.05, 0) is 39.7 Å². The number of nitrogens with zero attached hydrogens (tertiary/aromatic N) is 2. The number of fused-ring (bicyclic) bond motifs is 1. The molecule has 2 heterocycles. The molecule has 19 heavy (non-hydrogen) atoms. The van der Waals surface area contributed by atoms with Crippen LogP contribution in [0.4, 0.5) is 0 Å². The molecule has 0 saturated carbocycles. The normalized spacial score (nSPS) is 10.8. The van der Waals surface area contributed by atoms with E-state index in [0.717, 1.165) is 20.3 Å². The van der Waals surface area contributed by atoms with Crippen LogP contribution in [-0.4, -0.2) is 15.8 Å². The highest BCUT2D eigenvalue weighted by molar-refractivity contribution is 9.10. The zero-order chi connectivity index (χ0) is 13.2. The SMILES string of the molecule is O=C(Cc1cncc(Br)c1)c1nc2ccccc2s1. The van der Waals surface area contributed by atoms with Gasteiger partial charge in [-0.3, -0.25) is 9.78 Å². The largest absolute Gasteiger partial charge is 0.291 e. The highest BCUT2D eigenvalue weighted by Crippen LogP contribution is 2.23. The van der Waals surface area contributed by atoms with Crippen LogP contribution in [0.3, 0.4) is 0 Å². The first-order valence-electron chi connectivity index (χ1n) is 5.70. The number of thiazole rings is 1. The first kappa shape index (κ1) is 12.4. The topological polar surface area (TPSA) is 42.9 Å². The van der Waals surface area contributed by atoms with Crippen LogP contribution in [0.15, 0.2) is 47.2 Å². The molecule has 3 nitrogen and oxygen atoms in total. The van der Waals surface area contributed by atoms with Gasteiger partial charge in [0.2, 0.25) is 0 Å². The standard InChI is InChI=1S/C14H9BrN2OS/c15-10-5-9(7-16-8-10)6-12(18)14-17-11-3-1-2-4-13(11)19-14/h1-5,7-8H,6H2. The van der Waals surface area contributed by atoms with Crippen LogP contribution in [0.1, 0.15) is 15.4 Å². The highest BCUT2D eigenvalue weighted by atomic mass is 79.9. The van der Waals surface area contributed by atoms with Crippen LogP contribution in [0.2, 0.25) is 0 Å². The van der Waals surface area contributed by atoms with Crippen LogP contribution < -0.4 is 0 Å². The Morgan fingerprint density at radius 2 is 2.11 bits per heavy atom. The van der Waals surface area contributed by atoms with Gasteiger partial charge >= 0.3 is 0 Å². The summed E-state index contributed by atoms with van der Waals surface area (Å²) in [6, 6.07) is 9.67. The molecule has 3 rings (SSSR count). The number of Topliss-reactive ketones (excluding diaryl/α,β-unsaturated/α-hetero) is 1. The minimum atomic E-state index is 0.0288. The predicted molar refractivity (Wildman–Crippen MR) is 79.6 cm³/mol. The maximum atomic E-state index is 12.2. The molecule has 0 N–H and O–H groups in total. The van der Waals surface area contributed by atoms with Gasteiger partial charge in [-0.25, -0.2) is 4.98 Å². The minimum absolute atomic E-state index is 0.0288. The average molecular weight is 333 g/mol. The number of hydrogen-bond acceptors (Lipinski definition) is 4. The second-order valence-electron chi connectivity index (χ2n) is 4.10. The van der Waals surface area contributed by atoms with Crippen LogP contribution in [-0.2, 0) is 6.42 Å². The molecule has 0 bridgehead atoms. The highest BCUT2D eigenvalue weighted by Gasteiger charge is 2.13. The van der Waals surface area contributed by atoms with Gasteiger partial charge < -0.3 is 0 Å². The number of ketones is 1. The fourth-order valence-corrected chi connectivity index (χ4v) is 3.12. The summed E-state index contributed by atoms with van der Waals surface area (Å²) in [7, 11) is 0. The van der Waals surface area contributed by atoms with Gasteiger partial charge in [0.05, 0.1) is 10.2 Å².